The molecule has 0 aliphatic heterocycles. The van der Waals surface area contributed by atoms with Gasteiger partial charge < -0.3 is 10.2 Å². The fourth-order valence-corrected chi connectivity index (χ4v) is 9.13. The first kappa shape index (κ1) is 22.4. The minimum atomic E-state index is -0.441. The molecule has 5 heteroatoms. The summed E-state index contributed by atoms with van der Waals surface area (Å²) in [5.74, 6) is 4.84. The molecule has 1 aromatic rings. The molecule has 2 N–H and O–H groups in total. The Balaban J connectivity index is 1.28. The summed E-state index contributed by atoms with van der Waals surface area (Å²) in [6, 6.07) is 2.12. The standard InChI is InChI=1S/C27H41N3O2/c1-17(25(31)16-30-15-18(13-28)14-29-30)23-6-7-24-22-5-4-19-12-26(2,32)10-8-20(19)21(22)9-11-27(23,24)3/h14-15,17,19-25,31-32H,4-12,16H2,1-3H3/t17-,19+,20-,21+,22+,23+,24-,25?,26+,27+/m0/s1. The Morgan fingerprint density at radius 3 is 2.66 bits per heavy atom. The van der Waals surface area contributed by atoms with Crippen molar-refractivity contribution in [1.29, 1.82) is 5.26 Å². The van der Waals surface area contributed by atoms with E-state index in [1.807, 2.05) is 6.92 Å². The van der Waals surface area contributed by atoms with Crippen molar-refractivity contribution in [1.82, 2.24) is 9.78 Å². The van der Waals surface area contributed by atoms with Crippen LogP contribution in [0.15, 0.2) is 12.4 Å². The number of aliphatic hydroxyl groups is 2. The molecule has 5 rings (SSSR count). The third kappa shape index (κ3) is 3.72. The van der Waals surface area contributed by atoms with E-state index in [2.05, 4.69) is 25.0 Å². The molecule has 0 spiro atoms. The molecule has 4 aliphatic carbocycles. The van der Waals surface area contributed by atoms with E-state index in [-0.39, 0.29) is 5.92 Å². The van der Waals surface area contributed by atoms with Crippen LogP contribution < -0.4 is 0 Å². The number of nitrogens with zero attached hydrogens (tertiary/aromatic N) is 3. The normalized spacial score (nSPS) is 45.2. The highest BCUT2D eigenvalue weighted by Crippen LogP contribution is 2.65. The monoisotopic (exact) mass is 439 g/mol. The third-order valence-corrected chi connectivity index (χ3v) is 10.7. The van der Waals surface area contributed by atoms with E-state index in [0.29, 0.717) is 23.4 Å². The molecule has 32 heavy (non-hydrogen) atoms. The summed E-state index contributed by atoms with van der Waals surface area (Å²) < 4.78 is 1.73. The van der Waals surface area contributed by atoms with Crippen LogP contribution in [0.2, 0.25) is 0 Å². The Labute approximate surface area is 193 Å². The second-order valence-electron chi connectivity index (χ2n) is 12.4. The van der Waals surface area contributed by atoms with Crippen molar-refractivity contribution in [3.63, 3.8) is 0 Å². The van der Waals surface area contributed by atoms with Crippen molar-refractivity contribution in [2.45, 2.75) is 96.8 Å². The Bertz CT molecular complexity index is 872. The van der Waals surface area contributed by atoms with E-state index in [0.717, 1.165) is 42.4 Å². The zero-order valence-corrected chi connectivity index (χ0v) is 20.1. The predicted molar refractivity (Wildman–Crippen MR) is 123 cm³/mol. The zero-order valence-electron chi connectivity index (χ0n) is 20.1. The van der Waals surface area contributed by atoms with E-state index >= 15 is 0 Å². The Morgan fingerprint density at radius 2 is 1.91 bits per heavy atom. The van der Waals surface area contributed by atoms with Gasteiger partial charge in [0.2, 0.25) is 0 Å². The van der Waals surface area contributed by atoms with Crippen molar-refractivity contribution in [2.24, 2.45) is 46.8 Å². The van der Waals surface area contributed by atoms with Gasteiger partial charge in [-0.3, -0.25) is 4.68 Å². The van der Waals surface area contributed by atoms with Gasteiger partial charge in [0.15, 0.2) is 0 Å². The number of rotatable bonds is 4. The van der Waals surface area contributed by atoms with Crippen LogP contribution in [0, 0.1) is 58.2 Å². The Kier molecular flexibility index (Phi) is 5.70. The highest BCUT2D eigenvalue weighted by Gasteiger charge is 2.58. The molecular weight excluding hydrogens is 398 g/mol. The first-order valence-electron chi connectivity index (χ1n) is 13.0. The van der Waals surface area contributed by atoms with Gasteiger partial charge in [0, 0.05) is 6.20 Å². The molecule has 4 aliphatic rings. The average molecular weight is 440 g/mol. The van der Waals surface area contributed by atoms with Crippen LogP contribution in [0.5, 0.6) is 0 Å². The van der Waals surface area contributed by atoms with Gasteiger partial charge in [-0.15, -0.1) is 0 Å². The second kappa shape index (κ2) is 8.13. The minimum Gasteiger partial charge on any atom is -0.391 e. The summed E-state index contributed by atoms with van der Waals surface area (Å²) >= 11 is 0. The lowest BCUT2D eigenvalue weighted by Gasteiger charge is -2.57. The molecule has 4 saturated carbocycles. The number of aromatic nitrogens is 2. The van der Waals surface area contributed by atoms with Crippen LogP contribution >= 0.6 is 0 Å². The maximum absolute atomic E-state index is 11.1. The topological polar surface area (TPSA) is 82.1 Å². The van der Waals surface area contributed by atoms with Crippen LogP contribution in [-0.2, 0) is 6.54 Å². The summed E-state index contributed by atoms with van der Waals surface area (Å²) in [5, 5.41) is 35.0. The van der Waals surface area contributed by atoms with Gasteiger partial charge in [0.25, 0.3) is 0 Å². The summed E-state index contributed by atoms with van der Waals surface area (Å²) in [6.07, 6.45) is 13.9. The lowest BCUT2D eigenvalue weighted by Crippen LogP contribution is -2.51. The van der Waals surface area contributed by atoms with Gasteiger partial charge in [0.05, 0.1) is 30.0 Å². The molecule has 1 heterocycles. The molecule has 0 saturated heterocycles. The van der Waals surface area contributed by atoms with E-state index in [4.69, 9.17) is 5.26 Å². The van der Waals surface area contributed by atoms with Crippen molar-refractivity contribution in [3.05, 3.63) is 18.0 Å². The highest BCUT2D eigenvalue weighted by molar-refractivity contribution is 5.21. The highest BCUT2D eigenvalue weighted by atomic mass is 16.3. The van der Waals surface area contributed by atoms with E-state index in [9.17, 15) is 10.2 Å². The number of hydrogen-bond acceptors (Lipinski definition) is 4. The summed E-state index contributed by atoms with van der Waals surface area (Å²) in [6.45, 7) is 7.29. The van der Waals surface area contributed by atoms with Crippen molar-refractivity contribution in [3.8, 4) is 6.07 Å². The summed E-state index contributed by atoms with van der Waals surface area (Å²) in [4.78, 5) is 0. The van der Waals surface area contributed by atoms with Gasteiger partial charge in [-0.2, -0.15) is 10.4 Å². The molecule has 0 aromatic carbocycles. The smallest absolute Gasteiger partial charge is 0.102 e. The number of aliphatic hydroxyl groups excluding tert-OH is 1. The SMILES string of the molecule is C[C@H](C(O)Cn1cc(C#N)cn1)[C@H]1CC[C@H]2[C@@H]3CC[C@@H]4C[C@](C)(O)CC[C@@H]4[C@H]3CC[C@]12C. The van der Waals surface area contributed by atoms with Crippen molar-refractivity contribution < 1.29 is 10.2 Å². The van der Waals surface area contributed by atoms with Gasteiger partial charge in [0.1, 0.15) is 6.07 Å². The minimum absolute atomic E-state index is 0.234. The summed E-state index contributed by atoms with van der Waals surface area (Å²) in [7, 11) is 0. The molecule has 4 fully saturated rings. The Morgan fingerprint density at radius 1 is 1.12 bits per heavy atom. The van der Waals surface area contributed by atoms with Gasteiger partial charge in [-0.25, -0.2) is 0 Å². The maximum Gasteiger partial charge on any atom is 0.102 e. The molecule has 0 amide bonds. The van der Waals surface area contributed by atoms with Crippen LogP contribution in [0.3, 0.4) is 0 Å². The van der Waals surface area contributed by atoms with Crippen LogP contribution in [0.1, 0.15) is 84.1 Å². The van der Waals surface area contributed by atoms with Gasteiger partial charge in [-0.1, -0.05) is 13.8 Å². The number of fused-ring (bicyclic) bond motifs is 5. The fraction of sp³-hybridized carbons (Fsp3) is 0.852. The van der Waals surface area contributed by atoms with Crippen molar-refractivity contribution in [2.75, 3.05) is 0 Å². The maximum atomic E-state index is 11.1. The molecule has 1 aromatic heterocycles. The molecular formula is C27H41N3O2. The third-order valence-electron chi connectivity index (χ3n) is 10.7. The summed E-state index contributed by atoms with van der Waals surface area (Å²) in [5.41, 5.74) is 0.441. The first-order chi connectivity index (χ1) is 15.2. The molecule has 10 atom stereocenters. The molecule has 176 valence electrons. The fourth-order valence-electron chi connectivity index (χ4n) is 9.13. The number of nitriles is 1. The van der Waals surface area contributed by atoms with Crippen molar-refractivity contribution >= 4 is 0 Å². The lowest BCUT2D eigenvalue weighted by atomic mass is 9.48. The molecule has 0 bridgehead atoms. The molecule has 5 nitrogen and oxygen atoms in total. The Hall–Kier alpha value is -1.38. The van der Waals surface area contributed by atoms with Crippen LogP contribution in [-0.4, -0.2) is 31.7 Å². The lowest BCUT2D eigenvalue weighted by molar-refractivity contribution is -0.106. The average Bonchev–Trinajstić information content (AvgIpc) is 3.35. The van der Waals surface area contributed by atoms with Crippen LogP contribution in [0.25, 0.3) is 0 Å². The first-order valence-corrected chi connectivity index (χ1v) is 13.0. The van der Waals surface area contributed by atoms with E-state index < -0.39 is 11.7 Å². The molecule has 1 unspecified atom stereocenters. The predicted octanol–water partition coefficient (Wildman–Crippen LogP) is 4.77. The zero-order chi connectivity index (χ0) is 22.7. The van der Waals surface area contributed by atoms with E-state index in [1.165, 1.54) is 44.9 Å². The van der Waals surface area contributed by atoms with Crippen LogP contribution in [0.4, 0.5) is 0 Å². The quantitative estimate of drug-likeness (QED) is 0.708. The molecule has 0 radical (unpaired) electrons. The van der Waals surface area contributed by atoms with E-state index in [1.54, 1.807) is 17.1 Å². The van der Waals surface area contributed by atoms with Gasteiger partial charge in [-0.05, 0) is 112 Å². The number of hydrogen-bond donors (Lipinski definition) is 2. The second-order valence-corrected chi connectivity index (χ2v) is 12.4. The largest absolute Gasteiger partial charge is 0.391 e. The van der Waals surface area contributed by atoms with Gasteiger partial charge >= 0.3 is 0 Å².